The Morgan fingerprint density at radius 2 is 1.76 bits per heavy atom. The molecule has 7 nitrogen and oxygen atoms in total. The number of hydrogen-bond acceptors (Lipinski definition) is 6. The second kappa shape index (κ2) is 11.9. The number of ketones is 1. The number of anilines is 1. The van der Waals surface area contributed by atoms with E-state index in [1.807, 2.05) is 34.9 Å². The van der Waals surface area contributed by atoms with E-state index in [2.05, 4.69) is 5.32 Å². The van der Waals surface area contributed by atoms with Gasteiger partial charge >= 0.3 is 5.97 Å². The van der Waals surface area contributed by atoms with Crippen LogP contribution < -0.4 is 15.6 Å². The van der Waals surface area contributed by atoms with Crippen LogP contribution in [0, 0.1) is 5.82 Å². The van der Waals surface area contributed by atoms with Gasteiger partial charge in [0.25, 0.3) is 0 Å². The third-order valence-electron chi connectivity index (χ3n) is 6.80. The Hall–Kier alpha value is -3.52. The van der Waals surface area contributed by atoms with Crippen molar-refractivity contribution < 1.29 is 35.8 Å². The van der Waals surface area contributed by atoms with E-state index in [4.69, 9.17) is 4.74 Å². The molecule has 1 unspecified atom stereocenters. The minimum atomic E-state index is -0.738. The molecular weight excluding hydrogens is 529 g/mol. The van der Waals surface area contributed by atoms with Crippen LogP contribution in [0.15, 0.2) is 77.7 Å². The maximum Gasteiger partial charge on any atom is 0.343 e. The second-order valence-electron chi connectivity index (χ2n) is 9.24. The van der Waals surface area contributed by atoms with Crippen LogP contribution >= 0.6 is 0 Å². The molecule has 1 aliphatic carbocycles. The fourth-order valence-corrected chi connectivity index (χ4v) is 4.77. The summed E-state index contributed by atoms with van der Waals surface area (Å²) >= 11 is 0. The van der Waals surface area contributed by atoms with Crippen LogP contribution in [-0.2, 0) is 21.8 Å². The SMILES string of the molecule is COC(=O)c1cn(C2CC2)c2cc(N3CCNCC3C(=O)[c-]3cccc3)c(F)cc2c1=O.[Fe].[cH-]1[cH-][cH-][cH-][cH-]1. The number of hydrogen-bond donors (Lipinski definition) is 1. The maximum atomic E-state index is 15.4. The molecule has 1 saturated heterocycles. The average molecular weight is 557 g/mol. The molecule has 0 radical (unpaired) electrons. The van der Waals surface area contributed by atoms with E-state index in [0.29, 0.717) is 30.7 Å². The summed E-state index contributed by atoms with van der Waals surface area (Å²) < 4.78 is 22.0. The normalized spacial score (nSPS) is 16.8. The van der Waals surface area contributed by atoms with Crippen molar-refractivity contribution in [1.29, 1.82) is 0 Å². The Bertz CT molecular complexity index is 1440. The number of nitrogens with one attached hydrogen (secondary N) is 1. The summed E-state index contributed by atoms with van der Waals surface area (Å²) in [6.07, 6.45) is 3.34. The molecule has 2 heterocycles. The van der Waals surface area contributed by atoms with Crippen LogP contribution in [-0.4, -0.2) is 49.1 Å². The first-order valence-electron chi connectivity index (χ1n) is 12.4. The van der Waals surface area contributed by atoms with Crippen molar-refractivity contribution in [3.8, 4) is 0 Å². The smallest absolute Gasteiger partial charge is 0.343 e. The number of esters is 1. The number of carbonyl (C=O) groups excluding carboxylic acids is 2. The zero-order chi connectivity index (χ0) is 25.9. The molecule has 204 valence electrons. The number of fused-ring (bicyclic) bond motifs is 1. The monoisotopic (exact) mass is 557 g/mol. The molecule has 0 spiro atoms. The number of ether oxygens (including phenoxy) is 1. The van der Waals surface area contributed by atoms with Crippen molar-refractivity contribution in [3.05, 3.63) is 100 Å². The van der Waals surface area contributed by atoms with Crippen LogP contribution in [0.25, 0.3) is 10.9 Å². The maximum absolute atomic E-state index is 15.4. The van der Waals surface area contributed by atoms with Crippen LogP contribution in [0.5, 0.6) is 0 Å². The number of halogens is 1. The molecular formula is C29H28FFeN3O4-6. The molecule has 1 aromatic heterocycles. The second-order valence-corrected chi connectivity index (χ2v) is 9.24. The molecule has 3 aromatic carbocycles. The fourth-order valence-electron chi connectivity index (χ4n) is 4.77. The minimum Gasteiger partial charge on any atom is -0.748 e. The van der Waals surface area contributed by atoms with Gasteiger partial charge in [-0.25, -0.2) is 21.3 Å². The van der Waals surface area contributed by atoms with E-state index in [0.717, 1.165) is 12.8 Å². The summed E-state index contributed by atoms with van der Waals surface area (Å²) in [5.41, 5.74) is 0.759. The molecule has 1 N–H and O–H groups in total. The Balaban J connectivity index is 0.000000504. The summed E-state index contributed by atoms with van der Waals surface area (Å²) in [6, 6.07) is 19.5. The number of pyridine rings is 1. The molecule has 1 aliphatic heterocycles. The number of benzene rings is 1. The van der Waals surface area contributed by atoms with Crippen LogP contribution in [0.4, 0.5) is 10.1 Å². The molecule has 0 bridgehead atoms. The summed E-state index contributed by atoms with van der Waals surface area (Å²) in [4.78, 5) is 39.9. The van der Waals surface area contributed by atoms with E-state index < -0.39 is 23.3 Å². The van der Waals surface area contributed by atoms with E-state index in [-0.39, 0.29) is 45.5 Å². The number of nitrogens with zero attached hydrogens (tertiary/aromatic N) is 2. The number of Topliss-reactive ketones (excluding diaryl/α,β-unsaturated/α-hetero) is 1. The van der Waals surface area contributed by atoms with E-state index in [1.54, 1.807) is 35.2 Å². The number of piperazine rings is 1. The molecule has 38 heavy (non-hydrogen) atoms. The largest absolute Gasteiger partial charge is 0.748 e. The summed E-state index contributed by atoms with van der Waals surface area (Å²) in [5, 5.41) is 3.35. The van der Waals surface area contributed by atoms with Crippen molar-refractivity contribution in [1.82, 2.24) is 9.88 Å². The molecule has 4 aromatic rings. The number of aromatic nitrogens is 1. The van der Waals surface area contributed by atoms with Gasteiger partial charge in [-0.1, -0.05) is 5.56 Å². The molecule has 2 aliphatic rings. The van der Waals surface area contributed by atoms with Gasteiger partial charge in [-0.3, -0.25) is 4.79 Å². The fraction of sp³-hybridized carbons (Fsp3) is 0.276. The van der Waals surface area contributed by atoms with Crippen molar-refractivity contribution in [3.63, 3.8) is 0 Å². The predicted molar refractivity (Wildman–Crippen MR) is 140 cm³/mol. The standard InChI is InChI=1S/C24H23FN3O4.C5H5.Fe/c1-32-24(31)17-13-28(15-6-7-15)19-11-20(18(25)10-16(19)23(17)30)27-9-8-26-12-21(27)22(29)14-4-2-3-5-14;1-2-4-5-3-1;/h2-5,10-11,13,15,21,26H,6-9,12H2,1H3;1-5H;/q-1;-5;. The summed E-state index contributed by atoms with van der Waals surface area (Å²) in [5.74, 6) is -1.42. The van der Waals surface area contributed by atoms with Gasteiger partial charge in [-0.15, -0.1) is 0 Å². The van der Waals surface area contributed by atoms with Gasteiger partial charge < -0.3 is 54.6 Å². The van der Waals surface area contributed by atoms with Gasteiger partial charge in [-0.05, 0) is 25.0 Å². The van der Waals surface area contributed by atoms with Crippen molar-refractivity contribution in [2.75, 3.05) is 31.6 Å². The summed E-state index contributed by atoms with van der Waals surface area (Å²) in [7, 11) is 1.21. The van der Waals surface area contributed by atoms with E-state index in [9.17, 15) is 14.4 Å². The molecule has 2 fully saturated rings. The van der Waals surface area contributed by atoms with Gasteiger partial charge in [0.1, 0.15) is 17.2 Å². The van der Waals surface area contributed by atoms with Gasteiger partial charge in [-0.2, -0.15) is 12.1 Å². The topological polar surface area (TPSA) is 80.6 Å². The van der Waals surface area contributed by atoms with Crippen molar-refractivity contribution in [2.24, 2.45) is 0 Å². The van der Waals surface area contributed by atoms with Crippen LogP contribution in [0.1, 0.15) is 39.6 Å². The molecule has 9 heteroatoms. The van der Waals surface area contributed by atoms with Crippen LogP contribution in [0.3, 0.4) is 0 Å². The first kappa shape index (κ1) is 27.5. The Kier molecular flexibility index (Phi) is 8.62. The third kappa shape index (κ3) is 5.50. The van der Waals surface area contributed by atoms with E-state index in [1.165, 1.54) is 19.4 Å². The Morgan fingerprint density at radius 3 is 2.37 bits per heavy atom. The van der Waals surface area contributed by atoms with Crippen LogP contribution in [0.2, 0.25) is 0 Å². The van der Waals surface area contributed by atoms with E-state index >= 15 is 4.39 Å². The zero-order valence-electron chi connectivity index (χ0n) is 20.9. The molecule has 1 atom stereocenters. The van der Waals surface area contributed by atoms with Gasteiger partial charge in [0.15, 0.2) is 0 Å². The zero-order valence-corrected chi connectivity index (χ0v) is 22.0. The quantitative estimate of drug-likeness (QED) is 0.173. The Morgan fingerprint density at radius 1 is 1.11 bits per heavy atom. The van der Waals surface area contributed by atoms with Crippen molar-refractivity contribution in [2.45, 2.75) is 24.9 Å². The van der Waals surface area contributed by atoms with Gasteiger partial charge in [0.05, 0.1) is 24.4 Å². The number of rotatable bonds is 5. The minimum absolute atomic E-state index is 0. The first-order valence-corrected chi connectivity index (χ1v) is 12.4. The Labute approximate surface area is 230 Å². The van der Waals surface area contributed by atoms with Crippen molar-refractivity contribution >= 4 is 28.3 Å². The number of methoxy groups -OCH3 is 1. The van der Waals surface area contributed by atoms with Gasteiger partial charge in [0, 0.05) is 54.3 Å². The third-order valence-corrected chi connectivity index (χ3v) is 6.80. The summed E-state index contributed by atoms with van der Waals surface area (Å²) in [6.45, 7) is 1.46. The average Bonchev–Trinajstić information content (AvgIpc) is 3.34. The van der Waals surface area contributed by atoms with Gasteiger partial charge in [0.2, 0.25) is 5.43 Å². The molecule has 1 saturated carbocycles. The predicted octanol–water partition coefficient (Wildman–Crippen LogP) is 4.05. The number of carbonyl (C=O) groups is 2. The first-order chi connectivity index (χ1) is 18.0. The molecule has 0 amide bonds. The molecule has 6 rings (SSSR count).